The lowest BCUT2D eigenvalue weighted by Crippen LogP contribution is -2.34. The second kappa shape index (κ2) is 7.18. The third kappa shape index (κ3) is 4.76. The number of amides is 2. The number of hydrogen-bond donors (Lipinski definition) is 1. The molecule has 0 aliphatic carbocycles. The van der Waals surface area contributed by atoms with Crippen LogP contribution in [0.1, 0.15) is 21.9 Å². The van der Waals surface area contributed by atoms with Crippen molar-refractivity contribution in [2.45, 2.75) is 13.1 Å². The summed E-state index contributed by atoms with van der Waals surface area (Å²) in [5.41, 5.74) is -1.13. The highest BCUT2D eigenvalue weighted by molar-refractivity contribution is 6.31. The van der Waals surface area contributed by atoms with Crippen LogP contribution in [0.2, 0.25) is 5.02 Å². The molecule has 1 N–H and O–H groups in total. The highest BCUT2D eigenvalue weighted by Gasteiger charge is 2.33. The van der Waals surface area contributed by atoms with Gasteiger partial charge in [-0.15, -0.1) is 0 Å². The number of carbonyl (C=O) groups excluding carboxylic acids is 2. The number of benzene rings is 1. The molecule has 0 unspecified atom stereocenters. The van der Waals surface area contributed by atoms with Gasteiger partial charge in [-0.05, 0) is 37.3 Å². The number of hydrogen-bond acceptors (Lipinski definition) is 3. The molecule has 0 saturated carbocycles. The van der Waals surface area contributed by atoms with Crippen molar-refractivity contribution in [3.63, 3.8) is 0 Å². The number of likely N-dealkylation sites (N-methyl/N-ethyl adjacent to an activating group) is 1. The molecule has 0 bridgehead atoms. The number of carbonyl (C=O) groups is 2. The van der Waals surface area contributed by atoms with E-state index in [1.54, 1.807) is 13.0 Å². The van der Waals surface area contributed by atoms with Crippen LogP contribution < -0.4 is 5.32 Å². The number of furan rings is 1. The predicted molar refractivity (Wildman–Crippen MR) is 85.5 cm³/mol. The summed E-state index contributed by atoms with van der Waals surface area (Å²) in [4.78, 5) is 25.1. The molecular formula is C16H14ClF3N2O3. The summed E-state index contributed by atoms with van der Waals surface area (Å²) in [7, 11) is 1.38. The molecule has 0 spiro atoms. The van der Waals surface area contributed by atoms with Crippen LogP contribution in [0.4, 0.5) is 18.9 Å². The maximum atomic E-state index is 12.8. The number of alkyl halides is 3. The van der Waals surface area contributed by atoms with Crippen LogP contribution in [0.5, 0.6) is 0 Å². The second-order valence-corrected chi connectivity index (χ2v) is 5.72. The molecule has 0 fully saturated rings. The first-order valence-electron chi connectivity index (χ1n) is 7.06. The maximum Gasteiger partial charge on any atom is 0.417 e. The van der Waals surface area contributed by atoms with Gasteiger partial charge < -0.3 is 14.6 Å². The van der Waals surface area contributed by atoms with Crippen LogP contribution in [0.15, 0.2) is 34.7 Å². The van der Waals surface area contributed by atoms with Gasteiger partial charge in [-0.2, -0.15) is 13.2 Å². The fourth-order valence-electron chi connectivity index (χ4n) is 2.05. The normalized spacial score (nSPS) is 11.3. The van der Waals surface area contributed by atoms with E-state index in [-0.39, 0.29) is 18.0 Å². The lowest BCUT2D eigenvalue weighted by molar-refractivity contribution is -0.137. The third-order valence-electron chi connectivity index (χ3n) is 3.23. The van der Waals surface area contributed by atoms with E-state index in [2.05, 4.69) is 5.32 Å². The van der Waals surface area contributed by atoms with Crippen molar-refractivity contribution in [3.05, 3.63) is 52.4 Å². The molecule has 0 saturated heterocycles. The zero-order valence-corrected chi connectivity index (χ0v) is 14.0. The molecule has 0 atom stereocenters. The zero-order valence-electron chi connectivity index (χ0n) is 13.3. The third-order valence-corrected chi connectivity index (χ3v) is 3.56. The Morgan fingerprint density at radius 3 is 2.48 bits per heavy atom. The average molecular weight is 375 g/mol. The van der Waals surface area contributed by atoms with Crippen molar-refractivity contribution in [2.75, 3.05) is 18.9 Å². The van der Waals surface area contributed by atoms with Gasteiger partial charge in [0.1, 0.15) is 5.76 Å². The molecule has 2 aromatic rings. The van der Waals surface area contributed by atoms with Crippen molar-refractivity contribution in [1.82, 2.24) is 4.90 Å². The fourth-order valence-corrected chi connectivity index (χ4v) is 2.27. The Hall–Kier alpha value is -2.48. The van der Waals surface area contributed by atoms with Gasteiger partial charge in [0, 0.05) is 12.7 Å². The van der Waals surface area contributed by atoms with E-state index in [1.807, 2.05) is 0 Å². The second-order valence-electron chi connectivity index (χ2n) is 5.31. The van der Waals surface area contributed by atoms with Gasteiger partial charge in [0.15, 0.2) is 5.76 Å². The number of anilines is 1. The molecule has 0 radical (unpaired) electrons. The van der Waals surface area contributed by atoms with Crippen molar-refractivity contribution >= 4 is 29.1 Å². The van der Waals surface area contributed by atoms with Crippen LogP contribution in [-0.4, -0.2) is 30.3 Å². The van der Waals surface area contributed by atoms with Crippen molar-refractivity contribution in [3.8, 4) is 0 Å². The molecule has 9 heteroatoms. The van der Waals surface area contributed by atoms with Crippen LogP contribution in [-0.2, 0) is 11.0 Å². The average Bonchev–Trinajstić information content (AvgIpc) is 2.93. The van der Waals surface area contributed by atoms with E-state index >= 15 is 0 Å². The predicted octanol–water partition coefficient (Wildman–Crippen LogP) is 3.97. The molecule has 2 rings (SSSR count). The number of aryl methyl sites for hydroxylation is 1. The Kier molecular flexibility index (Phi) is 5.42. The van der Waals surface area contributed by atoms with Gasteiger partial charge in [0.2, 0.25) is 5.91 Å². The number of rotatable bonds is 4. The van der Waals surface area contributed by atoms with Crippen LogP contribution in [0.3, 0.4) is 0 Å². The molecule has 25 heavy (non-hydrogen) atoms. The molecule has 2 amide bonds. The van der Waals surface area contributed by atoms with Gasteiger partial charge >= 0.3 is 6.18 Å². The maximum absolute atomic E-state index is 12.8. The highest BCUT2D eigenvalue weighted by Crippen LogP contribution is 2.36. The Labute approximate surface area is 146 Å². The largest absolute Gasteiger partial charge is 0.456 e. The first-order chi connectivity index (χ1) is 11.6. The zero-order chi connectivity index (χ0) is 18.8. The Bertz CT molecular complexity index is 802. The summed E-state index contributed by atoms with van der Waals surface area (Å²) >= 11 is 5.52. The number of nitrogens with one attached hydrogen (secondary N) is 1. The Morgan fingerprint density at radius 1 is 1.24 bits per heavy atom. The Morgan fingerprint density at radius 2 is 1.92 bits per heavy atom. The van der Waals surface area contributed by atoms with Crippen LogP contribution in [0.25, 0.3) is 0 Å². The van der Waals surface area contributed by atoms with E-state index in [9.17, 15) is 22.8 Å². The van der Waals surface area contributed by atoms with E-state index < -0.39 is 28.6 Å². The Balaban J connectivity index is 2.04. The van der Waals surface area contributed by atoms with E-state index in [0.29, 0.717) is 5.76 Å². The fraction of sp³-hybridized carbons (Fsp3) is 0.250. The van der Waals surface area contributed by atoms with Gasteiger partial charge in [-0.25, -0.2) is 0 Å². The summed E-state index contributed by atoms with van der Waals surface area (Å²) in [6, 6.07) is 6.10. The minimum absolute atomic E-state index is 0.0682. The molecular weight excluding hydrogens is 361 g/mol. The van der Waals surface area contributed by atoms with Crippen LogP contribution >= 0.6 is 11.6 Å². The number of halogens is 4. The smallest absolute Gasteiger partial charge is 0.417 e. The first-order valence-corrected chi connectivity index (χ1v) is 7.44. The van der Waals surface area contributed by atoms with E-state index in [0.717, 1.165) is 17.0 Å². The monoisotopic (exact) mass is 374 g/mol. The molecule has 134 valence electrons. The lowest BCUT2D eigenvalue weighted by atomic mass is 10.2. The minimum Gasteiger partial charge on any atom is -0.456 e. The van der Waals surface area contributed by atoms with Gasteiger partial charge in [-0.1, -0.05) is 11.6 Å². The topological polar surface area (TPSA) is 62.6 Å². The summed E-state index contributed by atoms with van der Waals surface area (Å²) < 4.78 is 43.6. The van der Waals surface area contributed by atoms with E-state index in [1.165, 1.54) is 19.2 Å². The lowest BCUT2D eigenvalue weighted by Gasteiger charge is -2.16. The minimum atomic E-state index is -4.64. The number of nitrogens with zero attached hydrogens (tertiary/aromatic N) is 1. The van der Waals surface area contributed by atoms with E-state index in [4.69, 9.17) is 16.0 Å². The standard InChI is InChI=1S/C16H14ClF3N2O3/c1-9-3-6-13(25-9)15(24)22(2)8-14(23)21-10-4-5-12(17)11(7-10)16(18,19)20/h3-7H,8H2,1-2H3,(H,21,23). The summed E-state index contributed by atoms with van der Waals surface area (Å²) in [6.45, 7) is 1.31. The molecule has 1 aromatic heterocycles. The van der Waals surface area contributed by atoms with Gasteiger partial charge in [-0.3, -0.25) is 9.59 Å². The summed E-state index contributed by atoms with van der Waals surface area (Å²) in [5.74, 6) is -0.564. The SMILES string of the molecule is Cc1ccc(C(=O)N(C)CC(=O)Nc2ccc(Cl)c(C(F)(F)F)c2)o1. The highest BCUT2D eigenvalue weighted by atomic mass is 35.5. The molecule has 5 nitrogen and oxygen atoms in total. The molecule has 1 heterocycles. The van der Waals surface area contributed by atoms with Crippen molar-refractivity contribution < 1.29 is 27.2 Å². The van der Waals surface area contributed by atoms with Crippen molar-refractivity contribution in [2.24, 2.45) is 0 Å². The molecule has 0 aliphatic rings. The summed E-state index contributed by atoms with van der Waals surface area (Å²) in [5, 5.41) is 1.84. The first kappa shape index (κ1) is 18.9. The quantitative estimate of drug-likeness (QED) is 0.880. The van der Waals surface area contributed by atoms with Crippen molar-refractivity contribution in [1.29, 1.82) is 0 Å². The molecule has 0 aliphatic heterocycles. The van der Waals surface area contributed by atoms with Crippen LogP contribution in [0, 0.1) is 6.92 Å². The summed E-state index contributed by atoms with van der Waals surface area (Å²) in [6.07, 6.45) is -4.64. The molecule has 1 aromatic carbocycles. The van der Waals surface area contributed by atoms with Gasteiger partial charge in [0.05, 0.1) is 17.1 Å². The van der Waals surface area contributed by atoms with Gasteiger partial charge in [0.25, 0.3) is 5.91 Å².